The summed E-state index contributed by atoms with van der Waals surface area (Å²) in [7, 11) is 0. The molecule has 0 aliphatic heterocycles. The van der Waals surface area contributed by atoms with Gasteiger partial charge < -0.3 is 14.6 Å². The van der Waals surface area contributed by atoms with Crippen molar-refractivity contribution in [2.45, 2.75) is 33.7 Å². The van der Waals surface area contributed by atoms with Crippen LogP contribution >= 0.6 is 0 Å². The maximum atomic E-state index is 5.54. The molecule has 0 saturated heterocycles. The number of nitrogens with zero attached hydrogens (tertiary/aromatic N) is 1. The number of nitrogens with one attached hydrogen (secondary N) is 1. The van der Waals surface area contributed by atoms with Crippen LogP contribution in [0.3, 0.4) is 0 Å². The zero-order valence-corrected chi connectivity index (χ0v) is 12.9. The number of aromatic nitrogens is 1. The van der Waals surface area contributed by atoms with Gasteiger partial charge in [0.15, 0.2) is 0 Å². The number of benzene rings is 1. The van der Waals surface area contributed by atoms with Crippen LogP contribution in [-0.4, -0.2) is 24.3 Å². The highest BCUT2D eigenvalue weighted by atomic mass is 16.5. The van der Waals surface area contributed by atoms with E-state index in [1.807, 2.05) is 6.92 Å². The highest BCUT2D eigenvalue weighted by Crippen LogP contribution is 2.21. The smallest absolute Gasteiger partial charge is 0.120 e. The predicted octanol–water partition coefficient (Wildman–Crippen LogP) is 3.68. The Kier molecular flexibility index (Phi) is 5.48. The van der Waals surface area contributed by atoms with Crippen molar-refractivity contribution in [2.75, 3.05) is 19.7 Å². The van der Waals surface area contributed by atoms with Gasteiger partial charge in [0, 0.05) is 30.2 Å². The van der Waals surface area contributed by atoms with Gasteiger partial charge in [-0.1, -0.05) is 13.8 Å². The highest BCUT2D eigenvalue weighted by molar-refractivity contribution is 5.81. The van der Waals surface area contributed by atoms with Gasteiger partial charge in [-0.25, -0.2) is 0 Å². The highest BCUT2D eigenvalue weighted by Gasteiger charge is 2.02. The van der Waals surface area contributed by atoms with Crippen molar-refractivity contribution in [3.05, 3.63) is 30.5 Å². The molecule has 1 aromatic heterocycles. The van der Waals surface area contributed by atoms with Gasteiger partial charge in [0.2, 0.25) is 0 Å². The second-order valence-corrected chi connectivity index (χ2v) is 5.60. The minimum atomic E-state index is 0.714. The molecule has 0 aliphatic carbocycles. The van der Waals surface area contributed by atoms with Gasteiger partial charge >= 0.3 is 0 Å². The maximum absolute atomic E-state index is 5.54. The van der Waals surface area contributed by atoms with Crippen LogP contribution in [-0.2, 0) is 6.54 Å². The van der Waals surface area contributed by atoms with Crippen LogP contribution < -0.4 is 10.1 Å². The largest absolute Gasteiger partial charge is 0.494 e. The monoisotopic (exact) mass is 274 g/mol. The van der Waals surface area contributed by atoms with E-state index in [9.17, 15) is 0 Å². The van der Waals surface area contributed by atoms with Crippen LogP contribution in [0.5, 0.6) is 5.75 Å². The molecule has 3 heteroatoms. The summed E-state index contributed by atoms with van der Waals surface area (Å²) >= 11 is 0. The summed E-state index contributed by atoms with van der Waals surface area (Å²) in [4.78, 5) is 0. The zero-order chi connectivity index (χ0) is 14.4. The molecule has 0 radical (unpaired) electrons. The Balaban J connectivity index is 1.90. The predicted molar refractivity (Wildman–Crippen MR) is 85.4 cm³/mol. The third-order valence-corrected chi connectivity index (χ3v) is 3.48. The minimum Gasteiger partial charge on any atom is -0.494 e. The molecule has 2 aromatic rings. The van der Waals surface area contributed by atoms with E-state index in [-0.39, 0.29) is 0 Å². The molecule has 0 unspecified atom stereocenters. The van der Waals surface area contributed by atoms with E-state index < -0.39 is 0 Å². The van der Waals surface area contributed by atoms with Crippen molar-refractivity contribution in [2.24, 2.45) is 5.92 Å². The number of ether oxygens (including phenoxy) is 1. The molecule has 3 nitrogen and oxygen atoms in total. The minimum absolute atomic E-state index is 0.714. The lowest BCUT2D eigenvalue weighted by molar-refractivity contribution is 0.340. The summed E-state index contributed by atoms with van der Waals surface area (Å²) in [6.07, 6.45) is 3.40. The van der Waals surface area contributed by atoms with Crippen molar-refractivity contribution >= 4 is 10.9 Å². The van der Waals surface area contributed by atoms with E-state index >= 15 is 0 Å². The van der Waals surface area contributed by atoms with Gasteiger partial charge in [-0.3, -0.25) is 0 Å². The Morgan fingerprint density at radius 3 is 2.80 bits per heavy atom. The van der Waals surface area contributed by atoms with Gasteiger partial charge in [0.25, 0.3) is 0 Å². The molecule has 1 aromatic carbocycles. The number of hydrogen-bond donors (Lipinski definition) is 1. The van der Waals surface area contributed by atoms with E-state index in [0.717, 1.165) is 31.3 Å². The van der Waals surface area contributed by atoms with Crippen LogP contribution in [0.1, 0.15) is 27.2 Å². The number of fused-ring (bicyclic) bond motifs is 1. The number of rotatable bonds is 8. The Bertz CT molecular complexity index is 531. The fraction of sp³-hybridized carbons (Fsp3) is 0.529. The van der Waals surface area contributed by atoms with E-state index in [0.29, 0.717) is 6.61 Å². The summed E-state index contributed by atoms with van der Waals surface area (Å²) in [5.41, 5.74) is 1.28. The first-order valence-electron chi connectivity index (χ1n) is 7.63. The lowest BCUT2D eigenvalue weighted by Crippen LogP contribution is -2.21. The maximum Gasteiger partial charge on any atom is 0.120 e. The first kappa shape index (κ1) is 14.9. The van der Waals surface area contributed by atoms with E-state index in [2.05, 4.69) is 54.2 Å². The molecule has 1 heterocycles. The Morgan fingerprint density at radius 2 is 2.05 bits per heavy atom. The van der Waals surface area contributed by atoms with Gasteiger partial charge in [-0.15, -0.1) is 0 Å². The third-order valence-electron chi connectivity index (χ3n) is 3.48. The van der Waals surface area contributed by atoms with Crippen LogP contribution in [0.4, 0.5) is 0 Å². The van der Waals surface area contributed by atoms with Gasteiger partial charge in [-0.05, 0) is 50.1 Å². The fourth-order valence-electron chi connectivity index (χ4n) is 2.34. The SMILES string of the molecule is CCOc1ccc2c(ccn2CCNCCC(C)C)c1. The van der Waals surface area contributed by atoms with Crippen LogP contribution in [0, 0.1) is 5.92 Å². The van der Waals surface area contributed by atoms with E-state index in [1.165, 1.54) is 17.3 Å². The molecule has 20 heavy (non-hydrogen) atoms. The standard InChI is InChI=1S/C17H26N2O/c1-4-20-16-5-6-17-15(13-16)8-11-19(17)12-10-18-9-7-14(2)3/h5-6,8,11,13-14,18H,4,7,9-10,12H2,1-3H3. The van der Waals surface area contributed by atoms with Gasteiger partial charge in [-0.2, -0.15) is 0 Å². The summed E-state index contributed by atoms with van der Waals surface area (Å²) in [5, 5.41) is 4.75. The molecule has 0 spiro atoms. The van der Waals surface area contributed by atoms with Crippen molar-refractivity contribution in [1.82, 2.24) is 9.88 Å². The van der Waals surface area contributed by atoms with E-state index in [4.69, 9.17) is 4.74 Å². The molecular formula is C17H26N2O. The second-order valence-electron chi connectivity index (χ2n) is 5.60. The lowest BCUT2D eigenvalue weighted by Gasteiger charge is -2.09. The van der Waals surface area contributed by atoms with Crippen LogP contribution in [0.2, 0.25) is 0 Å². The van der Waals surface area contributed by atoms with Crippen molar-refractivity contribution in [3.8, 4) is 5.75 Å². The molecule has 0 fully saturated rings. The molecule has 0 saturated carbocycles. The van der Waals surface area contributed by atoms with Gasteiger partial charge in [0.1, 0.15) is 5.75 Å². The van der Waals surface area contributed by atoms with Crippen molar-refractivity contribution in [1.29, 1.82) is 0 Å². The second kappa shape index (κ2) is 7.34. The average molecular weight is 274 g/mol. The third kappa shape index (κ3) is 4.01. The van der Waals surface area contributed by atoms with Crippen LogP contribution in [0.25, 0.3) is 10.9 Å². The molecule has 1 N–H and O–H groups in total. The molecular weight excluding hydrogens is 248 g/mol. The Labute approximate surface area is 121 Å². The Hall–Kier alpha value is -1.48. The topological polar surface area (TPSA) is 26.2 Å². The summed E-state index contributed by atoms with van der Waals surface area (Å²) in [6.45, 7) is 10.4. The summed E-state index contributed by atoms with van der Waals surface area (Å²) in [6, 6.07) is 8.47. The Morgan fingerprint density at radius 1 is 1.20 bits per heavy atom. The molecule has 2 rings (SSSR count). The normalized spacial score (nSPS) is 11.4. The van der Waals surface area contributed by atoms with Crippen LogP contribution in [0.15, 0.2) is 30.5 Å². The quantitative estimate of drug-likeness (QED) is 0.743. The number of hydrogen-bond acceptors (Lipinski definition) is 2. The molecule has 0 aliphatic rings. The first-order chi connectivity index (χ1) is 9.70. The lowest BCUT2D eigenvalue weighted by atomic mass is 10.1. The van der Waals surface area contributed by atoms with Crippen molar-refractivity contribution in [3.63, 3.8) is 0 Å². The van der Waals surface area contributed by atoms with E-state index in [1.54, 1.807) is 0 Å². The first-order valence-corrected chi connectivity index (χ1v) is 7.63. The molecule has 0 amide bonds. The summed E-state index contributed by atoms with van der Waals surface area (Å²) < 4.78 is 7.84. The molecule has 0 atom stereocenters. The summed E-state index contributed by atoms with van der Waals surface area (Å²) in [5.74, 6) is 1.72. The molecule has 0 bridgehead atoms. The molecule has 110 valence electrons. The van der Waals surface area contributed by atoms with Crippen molar-refractivity contribution < 1.29 is 4.74 Å². The van der Waals surface area contributed by atoms with Gasteiger partial charge in [0.05, 0.1) is 6.61 Å². The zero-order valence-electron chi connectivity index (χ0n) is 12.9. The fourth-order valence-corrected chi connectivity index (χ4v) is 2.34. The average Bonchev–Trinajstić information content (AvgIpc) is 2.81.